The van der Waals surface area contributed by atoms with E-state index in [1.807, 2.05) is 30.3 Å². The molecule has 1 aromatic heterocycles. The Morgan fingerprint density at radius 3 is 2.29 bits per heavy atom. The third kappa shape index (κ3) is 3.74. The molecule has 0 radical (unpaired) electrons. The van der Waals surface area contributed by atoms with E-state index in [0.29, 0.717) is 28.6 Å². The predicted molar refractivity (Wildman–Crippen MR) is 140 cm³/mol. The summed E-state index contributed by atoms with van der Waals surface area (Å²) in [6, 6.07) is 14.2. The van der Waals surface area contributed by atoms with Crippen LogP contribution in [0.5, 0.6) is 0 Å². The van der Waals surface area contributed by atoms with Crippen molar-refractivity contribution in [2.24, 2.45) is 0 Å². The number of anilines is 2. The fourth-order valence-electron chi connectivity index (χ4n) is 5.24. The van der Waals surface area contributed by atoms with Crippen LogP contribution in [-0.4, -0.2) is 17.7 Å². The van der Waals surface area contributed by atoms with Gasteiger partial charge in [-0.3, -0.25) is 0 Å². The van der Waals surface area contributed by atoms with Crippen LogP contribution in [0, 0.1) is 22.7 Å². The number of nitrogens with zero attached hydrogens (tertiary/aromatic N) is 6. The fraction of sp³-hybridized carbons (Fsp3) is 0.296. The third-order valence-corrected chi connectivity index (χ3v) is 7.48. The maximum absolute atomic E-state index is 9.40. The minimum absolute atomic E-state index is 0.426. The number of rotatable bonds is 5. The largest absolute Gasteiger partial charge is 0.326 e. The van der Waals surface area contributed by atoms with Crippen molar-refractivity contribution in [3.8, 4) is 12.1 Å². The Balaban J connectivity index is 1.62. The Morgan fingerprint density at radius 1 is 1.00 bits per heavy atom. The van der Waals surface area contributed by atoms with Crippen molar-refractivity contribution in [1.82, 2.24) is 4.57 Å². The molecule has 35 heavy (non-hydrogen) atoms. The molecule has 0 aliphatic carbocycles. The summed E-state index contributed by atoms with van der Waals surface area (Å²) in [6.45, 7) is 7.31. The van der Waals surface area contributed by atoms with Crippen LogP contribution in [0.1, 0.15) is 38.1 Å². The predicted octanol–water partition coefficient (Wildman–Crippen LogP) is 6.02. The third-order valence-electron chi connectivity index (χ3n) is 6.75. The molecule has 0 N–H and O–H groups in total. The summed E-state index contributed by atoms with van der Waals surface area (Å²) in [5.41, 5.74) is 6.06. The minimum atomic E-state index is 0.426. The SMILES string of the molecule is CCN1C(=CC=C2CCn3c2[n+](CCC#N)c2ccc(C#N)cc23)N(CC)c2cc(Cl)c(Cl)cc21. The first kappa shape index (κ1) is 23.3. The molecule has 176 valence electrons. The molecule has 0 atom stereocenters. The van der Waals surface area contributed by atoms with Gasteiger partial charge in [-0.1, -0.05) is 23.2 Å². The minimum Gasteiger partial charge on any atom is -0.326 e. The first-order valence-corrected chi connectivity index (χ1v) is 12.6. The Bertz CT molecular complexity index is 1450. The van der Waals surface area contributed by atoms with Crippen LogP contribution in [0.3, 0.4) is 0 Å². The summed E-state index contributed by atoms with van der Waals surface area (Å²) >= 11 is 12.7. The number of hydrogen-bond donors (Lipinski definition) is 0. The van der Waals surface area contributed by atoms with Gasteiger partial charge in [0.2, 0.25) is 0 Å². The summed E-state index contributed by atoms with van der Waals surface area (Å²) in [5.74, 6) is 2.19. The molecule has 8 heteroatoms. The molecule has 0 bridgehead atoms. The standard InChI is InChI=1S/C27H25Cl2N6/c1-3-32-24-15-20(28)21(29)16-25(24)33(4-2)26(32)9-7-19-10-13-35-23-14-18(17-31)6-8-22(23)34(27(19)35)12-5-11-30/h6-9,14-16H,3-5,10,12-13H2,1-2H3/q+1. The van der Waals surface area contributed by atoms with Gasteiger partial charge in [-0.2, -0.15) is 10.5 Å². The second kappa shape index (κ2) is 9.30. The molecule has 2 aliphatic heterocycles. The van der Waals surface area contributed by atoms with Crippen molar-refractivity contribution in [2.75, 3.05) is 22.9 Å². The zero-order chi connectivity index (χ0) is 24.7. The number of allylic oxidation sites excluding steroid dienone is 3. The number of nitriles is 2. The van der Waals surface area contributed by atoms with Crippen molar-refractivity contribution in [1.29, 1.82) is 10.5 Å². The molecule has 0 saturated heterocycles. The zero-order valence-electron chi connectivity index (χ0n) is 19.7. The van der Waals surface area contributed by atoms with E-state index >= 15 is 0 Å². The van der Waals surface area contributed by atoms with Gasteiger partial charge in [-0.05, 0) is 50.3 Å². The molecule has 3 heterocycles. The average molecular weight is 504 g/mol. The molecule has 2 aromatic carbocycles. The van der Waals surface area contributed by atoms with E-state index in [1.165, 1.54) is 5.57 Å². The lowest BCUT2D eigenvalue weighted by Crippen LogP contribution is -2.36. The number of aryl methyl sites for hydroxylation is 2. The number of fused-ring (bicyclic) bond motifs is 4. The molecule has 6 nitrogen and oxygen atoms in total. The zero-order valence-corrected chi connectivity index (χ0v) is 21.2. The van der Waals surface area contributed by atoms with Crippen molar-refractivity contribution >= 4 is 51.2 Å². The van der Waals surface area contributed by atoms with E-state index in [0.717, 1.165) is 60.1 Å². The number of aromatic nitrogens is 2. The van der Waals surface area contributed by atoms with Crippen molar-refractivity contribution in [2.45, 2.75) is 39.8 Å². The van der Waals surface area contributed by atoms with E-state index in [4.69, 9.17) is 23.2 Å². The van der Waals surface area contributed by atoms with Crippen LogP contribution in [0.2, 0.25) is 10.0 Å². The lowest BCUT2D eigenvalue weighted by Gasteiger charge is -2.23. The van der Waals surface area contributed by atoms with E-state index < -0.39 is 0 Å². The van der Waals surface area contributed by atoms with Crippen LogP contribution >= 0.6 is 23.2 Å². The molecule has 3 aromatic rings. The molecule has 5 rings (SSSR count). The monoisotopic (exact) mass is 503 g/mol. The summed E-state index contributed by atoms with van der Waals surface area (Å²) < 4.78 is 4.49. The Kier molecular flexibility index (Phi) is 6.19. The van der Waals surface area contributed by atoms with Crippen LogP contribution in [-0.2, 0) is 13.1 Å². The van der Waals surface area contributed by atoms with E-state index in [1.54, 1.807) is 0 Å². The number of halogens is 2. The average Bonchev–Trinajstić information content (AvgIpc) is 3.50. The van der Waals surface area contributed by atoms with Crippen LogP contribution in [0.15, 0.2) is 48.3 Å². The smallest absolute Gasteiger partial charge is 0.285 e. The van der Waals surface area contributed by atoms with Gasteiger partial charge in [0.1, 0.15) is 12.4 Å². The number of hydrogen-bond acceptors (Lipinski definition) is 4. The molecule has 0 amide bonds. The molecule has 0 spiro atoms. The second-order valence-electron chi connectivity index (χ2n) is 8.56. The highest BCUT2D eigenvalue weighted by Gasteiger charge is 2.34. The Morgan fingerprint density at radius 2 is 1.69 bits per heavy atom. The van der Waals surface area contributed by atoms with Crippen molar-refractivity contribution in [3.05, 3.63) is 69.7 Å². The Labute approximate surface area is 215 Å². The summed E-state index contributed by atoms with van der Waals surface area (Å²) in [5, 5.41) is 19.8. The topological polar surface area (TPSA) is 62.9 Å². The van der Waals surface area contributed by atoms with Gasteiger partial charge in [-0.25, -0.2) is 9.13 Å². The quantitative estimate of drug-likeness (QED) is 0.399. The van der Waals surface area contributed by atoms with Gasteiger partial charge in [0.25, 0.3) is 5.82 Å². The molecular weight excluding hydrogens is 479 g/mol. The highest BCUT2D eigenvalue weighted by molar-refractivity contribution is 6.42. The molecule has 0 fully saturated rings. The molecule has 2 aliphatic rings. The lowest BCUT2D eigenvalue weighted by molar-refractivity contribution is -0.673. The van der Waals surface area contributed by atoms with Crippen molar-refractivity contribution < 1.29 is 4.57 Å². The first-order valence-electron chi connectivity index (χ1n) is 11.8. The molecular formula is C27H25Cl2N6+. The maximum atomic E-state index is 9.40. The number of imidazole rings is 1. The van der Waals surface area contributed by atoms with Crippen LogP contribution in [0.25, 0.3) is 16.6 Å². The summed E-state index contributed by atoms with van der Waals surface area (Å²) in [4.78, 5) is 4.51. The fourth-order valence-corrected chi connectivity index (χ4v) is 5.56. The summed E-state index contributed by atoms with van der Waals surface area (Å²) in [7, 11) is 0. The van der Waals surface area contributed by atoms with Crippen LogP contribution in [0.4, 0.5) is 11.4 Å². The van der Waals surface area contributed by atoms with Gasteiger partial charge in [0.15, 0.2) is 11.0 Å². The van der Waals surface area contributed by atoms with Gasteiger partial charge >= 0.3 is 0 Å². The van der Waals surface area contributed by atoms with Crippen LogP contribution < -0.4 is 14.4 Å². The molecule has 0 saturated carbocycles. The van der Waals surface area contributed by atoms with E-state index in [-0.39, 0.29) is 0 Å². The van der Waals surface area contributed by atoms with E-state index in [2.05, 4.69) is 57.1 Å². The molecule has 0 unspecified atom stereocenters. The second-order valence-corrected chi connectivity index (χ2v) is 9.38. The van der Waals surface area contributed by atoms with Gasteiger partial charge in [0.05, 0.1) is 52.1 Å². The Hall–Kier alpha value is -3.45. The lowest BCUT2D eigenvalue weighted by atomic mass is 10.2. The normalized spacial score (nSPS) is 15.5. The van der Waals surface area contributed by atoms with Gasteiger partial charge in [-0.15, -0.1) is 0 Å². The number of benzene rings is 2. The van der Waals surface area contributed by atoms with Gasteiger partial charge in [0, 0.05) is 31.1 Å². The van der Waals surface area contributed by atoms with Crippen molar-refractivity contribution in [3.63, 3.8) is 0 Å². The van der Waals surface area contributed by atoms with Gasteiger partial charge < -0.3 is 9.80 Å². The maximum Gasteiger partial charge on any atom is 0.285 e. The summed E-state index contributed by atoms with van der Waals surface area (Å²) in [6.07, 6.45) is 5.69. The highest BCUT2D eigenvalue weighted by Crippen LogP contribution is 2.45. The first-order chi connectivity index (χ1) is 17.0. The highest BCUT2D eigenvalue weighted by atomic mass is 35.5. The van der Waals surface area contributed by atoms with E-state index in [9.17, 15) is 10.5 Å².